The van der Waals surface area contributed by atoms with Crippen LogP contribution in [0.3, 0.4) is 0 Å². The minimum Gasteiger partial charge on any atom is -0.439 e. The highest BCUT2D eigenvalue weighted by molar-refractivity contribution is 7.89. The summed E-state index contributed by atoms with van der Waals surface area (Å²) in [6.07, 6.45) is -5.56. The second kappa shape index (κ2) is 6.16. The molecule has 2 rings (SSSR count). The van der Waals surface area contributed by atoms with Gasteiger partial charge in [0.1, 0.15) is 0 Å². The highest BCUT2D eigenvalue weighted by Crippen LogP contribution is 2.30. The van der Waals surface area contributed by atoms with E-state index >= 15 is 0 Å². The third-order valence-electron chi connectivity index (χ3n) is 2.94. The quantitative estimate of drug-likeness (QED) is 0.852. The summed E-state index contributed by atoms with van der Waals surface area (Å²) >= 11 is 0. The molecule has 1 aliphatic heterocycles. The predicted octanol–water partition coefficient (Wildman–Crippen LogP) is 0.962. The normalized spacial score (nSPS) is 15.9. The second-order valence-electron chi connectivity index (χ2n) is 4.52. The van der Waals surface area contributed by atoms with E-state index in [1.54, 1.807) is 0 Å². The Bertz CT molecular complexity index is 716. The van der Waals surface area contributed by atoms with Crippen LogP contribution in [0.15, 0.2) is 29.2 Å². The van der Waals surface area contributed by atoms with Crippen LogP contribution < -0.4 is 4.72 Å². The summed E-state index contributed by atoms with van der Waals surface area (Å²) in [7, 11) is -4.21. The molecule has 23 heavy (non-hydrogen) atoms. The molecule has 1 fully saturated rings. The fourth-order valence-corrected chi connectivity index (χ4v) is 2.88. The smallest absolute Gasteiger partial charge is 0.417 e. The van der Waals surface area contributed by atoms with Gasteiger partial charge < -0.3 is 4.74 Å². The van der Waals surface area contributed by atoms with Gasteiger partial charge in [0.25, 0.3) is 5.91 Å². The first-order valence-electron chi connectivity index (χ1n) is 6.25. The van der Waals surface area contributed by atoms with E-state index in [4.69, 9.17) is 0 Å². The number of cyclic esters (lactones) is 1. The topological polar surface area (TPSA) is 92.8 Å². The molecule has 7 nitrogen and oxygen atoms in total. The van der Waals surface area contributed by atoms with Crippen molar-refractivity contribution < 1.29 is 35.9 Å². The number of carbonyl (C=O) groups is 2. The number of nitrogens with one attached hydrogen (secondary N) is 1. The van der Waals surface area contributed by atoms with Gasteiger partial charge in [0.2, 0.25) is 10.0 Å². The Balaban J connectivity index is 2.05. The van der Waals surface area contributed by atoms with Gasteiger partial charge in [0, 0.05) is 13.1 Å². The zero-order valence-electron chi connectivity index (χ0n) is 11.5. The largest absolute Gasteiger partial charge is 0.439 e. The standard InChI is InChI=1S/C12H11F3N2O5S/c13-12(14,15)8-2-1-3-9(6-8)23(20,21)16-4-5-17-10(18)7-22-11(17)19/h1-3,6,16H,4-5,7H2. The molecule has 0 aromatic heterocycles. The molecule has 0 saturated carbocycles. The summed E-state index contributed by atoms with van der Waals surface area (Å²) < 4.78 is 68.1. The lowest BCUT2D eigenvalue weighted by Crippen LogP contribution is -2.37. The average molecular weight is 352 g/mol. The van der Waals surface area contributed by atoms with E-state index in [0.717, 1.165) is 18.2 Å². The van der Waals surface area contributed by atoms with Gasteiger partial charge in [-0.25, -0.2) is 22.8 Å². The number of alkyl halides is 3. The zero-order valence-corrected chi connectivity index (χ0v) is 12.3. The summed E-state index contributed by atoms with van der Waals surface area (Å²) in [5, 5.41) is 0. The fourth-order valence-electron chi connectivity index (χ4n) is 1.81. The summed E-state index contributed by atoms with van der Waals surface area (Å²) in [5.74, 6) is -0.617. The monoisotopic (exact) mass is 352 g/mol. The molecule has 0 unspecified atom stereocenters. The van der Waals surface area contributed by atoms with Crippen LogP contribution >= 0.6 is 0 Å². The number of nitrogens with zero attached hydrogens (tertiary/aromatic N) is 1. The number of hydrogen-bond acceptors (Lipinski definition) is 5. The van der Waals surface area contributed by atoms with Gasteiger partial charge in [-0.15, -0.1) is 0 Å². The minimum absolute atomic E-state index is 0.282. The number of ether oxygens (including phenoxy) is 1. The summed E-state index contributed by atoms with van der Waals surface area (Å²) in [6, 6.07) is 3.22. The van der Waals surface area contributed by atoms with E-state index in [-0.39, 0.29) is 13.1 Å². The molecule has 1 aromatic rings. The number of sulfonamides is 1. The maximum Gasteiger partial charge on any atom is 0.417 e. The van der Waals surface area contributed by atoms with E-state index in [9.17, 15) is 31.2 Å². The molecule has 11 heteroatoms. The van der Waals surface area contributed by atoms with Crippen LogP contribution in [0.4, 0.5) is 18.0 Å². The lowest BCUT2D eigenvalue weighted by Gasteiger charge is -2.13. The summed E-state index contributed by atoms with van der Waals surface area (Å²) in [6.45, 7) is -1.05. The van der Waals surface area contributed by atoms with Gasteiger partial charge in [0.05, 0.1) is 10.5 Å². The molecule has 0 bridgehead atoms. The summed E-state index contributed by atoms with van der Waals surface area (Å²) in [5.41, 5.74) is -1.10. The number of hydrogen-bond donors (Lipinski definition) is 1. The van der Waals surface area contributed by atoms with Crippen molar-refractivity contribution in [1.29, 1.82) is 0 Å². The predicted molar refractivity (Wildman–Crippen MR) is 69.7 cm³/mol. The number of rotatable bonds is 5. The van der Waals surface area contributed by atoms with Crippen molar-refractivity contribution in [1.82, 2.24) is 9.62 Å². The maximum absolute atomic E-state index is 12.6. The molecular formula is C12H11F3N2O5S. The Morgan fingerprint density at radius 2 is 1.96 bits per heavy atom. The molecular weight excluding hydrogens is 341 g/mol. The van der Waals surface area contributed by atoms with Crippen molar-refractivity contribution >= 4 is 22.0 Å². The third kappa shape index (κ3) is 3.99. The van der Waals surface area contributed by atoms with Gasteiger partial charge in [0.15, 0.2) is 6.61 Å². The Labute approximate surface area is 129 Å². The highest BCUT2D eigenvalue weighted by Gasteiger charge is 2.32. The Morgan fingerprint density at radius 1 is 1.26 bits per heavy atom. The van der Waals surface area contributed by atoms with E-state index in [2.05, 4.69) is 4.74 Å². The number of benzene rings is 1. The van der Waals surface area contributed by atoms with Gasteiger partial charge in [-0.1, -0.05) is 6.07 Å². The van der Waals surface area contributed by atoms with E-state index in [1.165, 1.54) is 0 Å². The molecule has 1 saturated heterocycles. The first-order valence-corrected chi connectivity index (χ1v) is 7.73. The Hall–Kier alpha value is -2.14. The van der Waals surface area contributed by atoms with E-state index in [0.29, 0.717) is 11.0 Å². The van der Waals surface area contributed by atoms with Crippen LogP contribution in [0.25, 0.3) is 0 Å². The molecule has 1 aromatic carbocycles. The Kier molecular flexibility index (Phi) is 4.61. The van der Waals surface area contributed by atoms with E-state index in [1.807, 2.05) is 4.72 Å². The molecule has 0 spiro atoms. The molecule has 1 N–H and O–H groups in total. The van der Waals surface area contributed by atoms with Crippen molar-refractivity contribution in [2.24, 2.45) is 0 Å². The van der Waals surface area contributed by atoms with Crippen LogP contribution in [0.2, 0.25) is 0 Å². The zero-order chi connectivity index (χ0) is 17.3. The number of halogens is 3. The second-order valence-corrected chi connectivity index (χ2v) is 6.29. The van der Waals surface area contributed by atoms with Crippen LogP contribution in [0, 0.1) is 0 Å². The van der Waals surface area contributed by atoms with Crippen LogP contribution in [-0.2, 0) is 25.7 Å². The van der Waals surface area contributed by atoms with Gasteiger partial charge >= 0.3 is 12.3 Å². The third-order valence-corrected chi connectivity index (χ3v) is 4.40. The summed E-state index contributed by atoms with van der Waals surface area (Å²) in [4.78, 5) is 22.5. The molecule has 2 amide bonds. The first kappa shape index (κ1) is 17.2. The van der Waals surface area contributed by atoms with Crippen molar-refractivity contribution in [2.45, 2.75) is 11.1 Å². The van der Waals surface area contributed by atoms with Crippen molar-refractivity contribution in [3.63, 3.8) is 0 Å². The number of carbonyl (C=O) groups excluding carboxylic acids is 2. The Morgan fingerprint density at radius 3 is 2.52 bits per heavy atom. The molecule has 0 aliphatic carbocycles. The lowest BCUT2D eigenvalue weighted by atomic mass is 10.2. The van der Waals surface area contributed by atoms with Crippen LogP contribution in [-0.4, -0.2) is 45.0 Å². The van der Waals surface area contributed by atoms with Crippen molar-refractivity contribution in [2.75, 3.05) is 19.7 Å². The molecule has 1 heterocycles. The maximum atomic E-state index is 12.6. The van der Waals surface area contributed by atoms with Gasteiger partial charge in [-0.05, 0) is 18.2 Å². The van der Waals surface area contributed by atoms with Gasteiger partial charge in [-0.2, -0.15) is 13.2 Å². The molecule has 0 atom stereocenters. The SMILES string of the molecule is O=C1COC(=O)N1CCNS(=O)(=O)c1cccc(C(F)(F)F)c1. The lowest BCUT2D eigenvalue weighted by molar-refractivity contribution is -0.137. The average Bonchev–Trinajstić information content (AvgIpc) is 2.78. The van der Waals surface area contributed by atoms with Crippen molar-refractivity contribution in [3.8, 4) is 0 Å². The van der Waals surface area contributed by atoms with Gasteiger partial charge in [-0.3, -0.25) is 4.79 Å². The number of amides is 2. The molecule has 126 valence electrons. The van der Waals surface area contributed by atoms with E-state index < -0.39 is 45.3 Å². The van der Waals surface area contributed by atoms with Crippen LogP contribution in [0.1, 0.15) is 5.56 Å². The molecule has 0 radical (unpaired) electrons. The highest BCUT2D eigenvalue weighted by atomic mass is 32.2. The van der Waals surface area contributed by atoms with Crippen LogP contribution in [0.5, 0.6) is 0 Å². The molecule has 1 aliphatic rings. The number of imide groups is 1. The minimum atomic E-state index is -4.67. The van der Waals surface area contributed by atoms with Crippen molar-refractivity contribution in [3.05, 3.63) is 29.8 Å². The fraction of sp³-hybridized carbons (Fsp3) is 0.333. The first-order chi connectivity index (χ1) is 10.6.